The highest BCUT2D eigenvalue weighted by Crippen LogP contribution is 2.32. The van der Waals surface area contributed by atoms with Gasteiger partial charge < -0.3 is 0 Å². The third-order valence-electron chi connectivity index (χ3n) is 2.62. The van der Waals surface area contributed by atoms with E-state index in [-0.39, 0.29) is 25.7 Å². The normalized spacial score (nSPS) is 11.2. The van der Waals surface area contributed by atoms with E-state index in [4.69, 9.17) is 34.8 Å². The summed E-state index contributed by atoms with van der Waals surface area (Å²) < 4.78 is 26.8. The second-order valence-electron chi connectivity index (χ2n) is 4.08. The van der Waals surface area contributed by atoms with Crippen molar-refractivity contribution in [1.82, 2.24) is 0 Å². The Bertz CT molecular complexity index is 855. The van der Waals surface area contributed by atoms with Crippen LogP contribution in [0.5, 0.6) is 0 Å². The number of nitro groups is 1. The smallest absolute Gasteiger partial charge is 0.278 e. The van der Waals surface area contributed by atoms with E-state index in [1.165, 1.54) is 18.2 Å². The van der Waals surface area contributed by atoms with Gasteiger partial charge in [0.05, 0.1) is 25.6 Å². The standard InChI is InChI=1S/C12H7Cl3N2O4S/c13-8-5-4-7(6-11(8)17(18)19)22(20,21)16-10-3-1-2-9(14)12(10)15/h1-6,16H. The lowest BCUT2D eigenvalue weighted by molar-refractivity contribution is -0.384. The molecule has 0 amide bonds. The lowest BCUT2D eigenvalue weighted by Gasteiger charge is -2.10. The molecule has 0 heterocycles. The number of hydrogen-bond donors (Lipinski definition) is 1. The second kappa shape index (κ2) is 6.29. The first-order valence-electron chi connectivity index (χ1n) is 5.63. The molecule has 0 unspecified atom stereocenters. The van der Waals surface area contributed by atoms with Crippen molar-refractivity contribution in [3.05, 3.63) is 61.6 Å². The molecule has 0 radical (unpaired) electrons. The van der Waals surface area contributed by atoms with Crippen molar-refractivity contribution in [2.75, 3.05) is 4.72 Å². The maximum absolute atomic E-state index is 12.3. The molecule has 0 aromatic heterocycles. The van der Waals surface area contributed by atoms with Crippen LogP contribution in [0, 0.1) is 10.1 Å². The molecule has 2 aromatic rings. The van der Waals surface area contributed by atoms with Gasteiger partial charge in [-0.1, -0.05) is 40.9 Å². The molecule has 0 saturated heterocycles. The Kier molecular flexibility index (Phi) is 4.81. The maximum atomic E-state index is 12.3. The minimum Gasteiger partial charge on any atom is -0.278 e. The summed E-state index contributed by atoms with van der Waals surface area (Å²) in [6, 6.07) is 7.56. The molecule has 0 aliphatic carbocycles. The molecule has 22 heavy (non-hydrogen) atoms. The van der Waals surface area contributed by atoms with E-state index >= 15 is 0 Å². The number of sulfonamides is 1. The molecule has 0 fully saturated rings. The quantitative estimate of drug-likeness (QED) is 0.629. The van der Waals surface area contributed by atoms with E-state index in [9.17, 15) is 18.5 Å². The van der Waals surface area contributed by atoms with Crippen molar-refractivity contribution in [2.24, 2.45) is 0 Å². The van der Waals surface area contributed by atoms with Crippen LogP contribution in [-0.2, 0) is 10.0 Å². The lowest BCUT2D eigenvalue weighted by Crippen LogP contribution is -2.13. The van der Waals surface area contributed by atoms with E-state index in [2.05, 4.69) is 4.72 Å². The molecule has 0 aliphatic heterocycles. The summed E-state index contributed by atoms with van der Waals surface area (Å²) >= 11 is 17.4. The zero-order valence-electron chi connectivity index (χ0n) is 10.6. The van der Waals surface area contributed by atoms with Crippen molar-refractivity contribution < 1.29 is 13.3 Å². The molecule has 116 valence electrons. The van der Waals surface area contributed by atoms with Crippen molar-refractivity contribution in [3.8, 4) is 0 Å². The van der Waals surface area contributed by atoms with Crippen LogP contribution in [-0.4, -0.2) is 13.3 Å². The molecule has 0 atom stereocenters. The molecule has 0 aliphatic rings. The van der Waals surface area contributed by atoms with Crippen LogP contribution in [0.15, 0.2) is 41.3 Å². The van der Waals surface area contributed by atoms with Crippen LogP contribution in [0.3, 0.4) is 0 Å². The van der Waals surface area contributed by atoms with Crippen molar-refractivity contribution in [3.63, 3.8) is 0 Å². The minimum atomic E-state index is -4.08. The summed E-state index contributed by atoms with van der Waals surface area (Å²) in [5.74, 6) is 0. The highest BCUT2D eigenvalue weighted by Gasteiger charge is 2.21. The number of halogens is 3. The summed E-state index contributed by atoms with van der Waals surface area (Å²) in [5.41, 5.74) is -0.450. The van der Waals surface area contributed by atoms with E-state index in [0.29, 0.717) is 0 Å². The first-order valence-corrected chi connectivity index (χ1v) is 8.25. The predicted molar refractivity (Wildman–Crippen MR) is 85.4 cm³/mol. The van der Waals surface area contributed by atoms with Crippen LogP contribution in [0.25, 0.3) is 0 Å². The van der Waals surface area contributed by atoms with Crippen LogP contribution in [0.4, 0.5) is 11.4 Å². The van der Waals surface area contributed by atoms with Gasteiger partial charge in [-0.25, -0.2) is 8.42 Å². The van der Waals surface area contributed by atoms with Gasteiger partial charge in [0.2, 0.25) is 0 Å². The van der Waals surface area contributed by atoms with Crippen molar-refractivity contribution >= 4 is 56.2 Å². The first-order chi connectivity index (χ1) is 10.2. The largest absolute Gasteiger partial charge is 0.289 e. The summed E-state index contributed by atoms with van der Waals surface area (Å²) in [6.45, 7) is 0. The van der Waals surface area contributed by atoms with Gasteiger partial charge in [-0.2, -0.15) is 0 Å². The third-order valence-corrected chi connectivity index (χ3v) is 5.12. The monoisotopic (exact) mass is 380 g/mol. The lowest BCUT2D eigenvalue weighted by atomic mass is 10.3. The Labute approximate surface area is 140 Å². The molecule has 10 heteroatoms. The molecular formula is C12H7Cl3N2O4S. The van der Waals surface area contributed by atoms with Crippen molar-refractivity contribution in [2.45, 2.75) is 4.90 Å². The average molecular weight is 382 g/mol. The third kappa shape index (κ3) is 3.44. The molecular weight excluding hydrogens is 375 g/mol. The SMILES string of the molecule is O=[N+]([O-])c1cc(S(=O)(=O)Nc2cccc(Cl)c2Cl)ccc1Cl. The minimum absolute atomic E-state index is 0.0243. The van der Waals surface area contributed by atoms with Crippen LogP contribution >= 0.6 is 34.8 Å². The van der Waals surface area contributed by atoms with E-state index in [1.807, 2.05) is 0 Å². The number of nitro benzene ring substituents is 1. The fraction of sp³-hybridized carbons (Fsp3) is 0. The van der Waals surface area contributed by atoms with Crippen molar-refractivity contribution in [1.29, 1.82) is 0 Å². The number of rotatable bonds is 4. The Hall–Kier alpha value is -1.54. The molecule has 0 saturated carbocycles. The number of anilines is 1. The maximum Gasteiger partial charge on any atom is 0.289 e. The zero-order valence-corrected chi connectivity index (χ0v) is 13.7. The first kappa shape index (κ1) is 16.8. The van der Waals surface area contributed by atoms with Crippen LogP contribution in [0.1, 0.15) is 0 Å². The second-order valence-corrected chi connectivity index (χ2v) is 6.95. The summed E-state index contributed by atoms with van der Waals surface area (Å²) in [6.07, 6.45) is 0. The molecule has 1 N–H and O–H groups in total. The van der Waals surface area contributed by atoms with Gasteiger partial charge in [0.1, 0.15) is 5.02 Å². The number of hydrogen-bond acceptors (Lipinski definition) is 4. The topological polar surface area (TPSA) is 89.3 Å². The molecule has 0 spiro atoms. The van der Waals surface area contributed by atoms with Gasteiger partial charge >= 0.3 is 0 Å². The summed E-state index contributed by atoms with van der Waals surface area (Å²) in [5, 5.41) is 10.9. The fourth-order valence-electron chi connectivity index (χ4n) is 1.59. The van der Waals surface area contributed by atoms with E-state index in [1.54, 1.807) is 0 Å². The van der Waals surface area contributed by atoms with Gasteiger partial charge in [-0.3, -0.25) is 14.8 Å². The fourth-order valence-corrected chi connectivity index (χ4v) is 3.27. The van der Waals surface area contributed by atoms with Gasteiger partial charge in [0.15, 0.2) is 0 Å². The molecule has 0 bridgehead atoms. The summed E-state index contributed by atoms with van der Waals surface area (Å²) in [4.78, 5) is 9.74. The predicted octanol–water partition coefficient (Wildman–Crippen LogP) is 4.36. The van der Waals surface area contributed by atoms with Crippen LogP contribution < -0.4 is 4.72 Å². The molecule has 2 aromatic carbocycles. The Balaban J connectivity index is 2.45. The molecule has 2 rings (SSSR count). The van der Waals surface area contributed by atoms with Gasteiger partial charge in [-0.05, 0) is 24.3 Å². The van der Waals surface area contributed by atoms with Gasteiger partial charge in [-0.15, -0.1) is 0 Å². The van der Waals surface area contributed by atoms with Gasteiger partial charge in [0.25, 0.3) is 15.7 Å². The summed E-state index contributed by atoms with van der Waals surface area (Å²) in [7, 11) is -4.08. The highest BCUT2D eigenvalue weighted by molar-refractivity contribution is 7.92. The number of benzene rings is 2. The van der Waals surface area contributed by atoms with E-state index in [0.717, 1.165) is 18.2 Å². The molecule has 6 nitrogen and oxygen atoms in total. The highest BCUT2D eigenvalue weighted by atomic mass is 35.5. The van der Waals surface area contributed by atoms with E-state index < -0.39 is 20.6 Å². The Morgan fingerprint density at radius 3 is 2.36 bits per heavy atom. The Morgan fingerprint density at radius 2 is 1.73 bits per heavy atom. The number of nitrogens with one attached hydrogen (secondary N) is 1. The van der Waals surface area contributed by atoms with Crippen LogP contribution in [0.2, 0.25) is 15.1 Å². The zero-order chi connectivity index (χ0) is 16.5. The number of nitrogens with zero attached hydrogens (tertiary/aromatic N) is 1. The van der Waals surface area contributed by atoms with Gasteiger partial charge in [0, 0.05) is 6.07 Å². The average Bonchev–Trinajstić information content (AvgIpc) is 2.43. The Morgan fingerprint density at radius 1 is 1.05 bits per heavy atom.